The van der Waals surface area contributed by atoms with Gasteiger partial charge in [-0.15, -0.1) is 0 Å². The van der Waals surface area contributed by atoms with Gasteiger partial charge < -0.3 is 14.7 Å². The van der Waals surface area contributed by atoms with E-state index in [0.29, 0.717) is 6.04 Å². The van der Waals surface area contributed by atoms with Crippen LogP contribution in [-0.4, -0.2) is 66.0 Å². The van der Waals surface area contributed by atoms with Crippen molar-refractivity contribution in [3.05, 3.63) is 23.9 Å². The van der Waals surface area contributed by atoms with E-state index in [1.807, 2.05) is 17.0 Å². The fraction of sp³-hybridized carbons (Fsp3) is 0.727. The zero-order valence-corrected chi connectivity index (χ0v) is 16.8. The van der Waals surface area contributed by atoms with E-state index in [1.54, 1.807) is 6.20 Å². The third kappa shape index (κ3) is 4.45. The molecule has 1 aromatic heterocycles. The first-order valence-electron chi connectivity index (χ1n) is 10.9. The van der Waals surface area contributed by atoms with Crippen molar-refractivity contribution in [2.24, 2.45) is 5.92 Å². The van der Waals surface area contributed by atoms with E-state index in [0.717, 1.165) is 56.3 Å². The molecule has 5 heteroatoms. The Hall–Kier alpha value is -1.62. The Balaban J connectivity index is 1.32. The molecule has 148 valence electrons. The van der Waals surface area contributed by atoms with Gasteiger partial charge in [-0.1, -0.05) is 13.3 Å². The normalized spacial score (nSPS) is 25.6. The molecule has 0 saturated carbocycles. The number of hydrogen-bond donors (Lipinski definition) is 0. The first kappa shape index (κ1) is 18.7. The molecule has 1 atom stereocenters. The summed E-state index contributed by atoms with van der Waals surface area (Å²) in [5, 5.41) is 0. The highest BCUT2D eigenvalue weighted by Gasteiger charge is 2.28. The lowest BCUT2D eigenvalue weighted by Gasteiger charge is -2.40. The number of anilines is 1. The smallest absolute Gasteiger partial charge is 0.255 e. The van der Waals surface area contributed by atoms with E-state index in [9.17, 15) is 4.79 Å². The molecule has 0 bridgehead atoms. The van der Waals surface area contributed by atoms with Gasteiger partial charge in [0.25, 0.3) is 5.91 Å². The maximum Gasteiger partial charge on any atom is 0.255 e. The van der Waals surface area contributed by atoms with Crippen LogP contribution >= 0.6 is 0 Å². The number of aromatic nitrogens is 1. The third-order valence-corrected chi connectivity index (χ3v) is 6.63. The molecule has 4 heterocycles. The zero-order chi connectivity index (χ0) is 18.6. The fourth-order valence-corrected chi connectivity index (χ4v) is 5.00. The van der Waals surface area contributed by atoms with Gasteiger partial charge in [0.15, 0.2) is 0 Å². The summed E-state index contributed by atoms with van der Waals surface area (Å²) in [7, 11) is 0. The summed E-state index contributed by atoms with van der Waals surface area (Å²) in [6.07, 6.45) is 10.6. The molecule has 3 saturated heterocycles. The summed E-state index contributed by atoms with van der Waals surface area (Å²) in [4.78, 5) is 24.5. The molecule has 3 aliphatic rings. The van der Waals surface area contributed by atoms with Crippen LogP contribution in [0.4, 0.5) is 5.82 Å². The molecule has 0 aromatic carbocycles. The first-order chi connectivity index (χ1) is 13.2. The van der Waals surface area contributed by atoms with Crippen molar-refractivity contribution < 1.29 is 4.79 Å². The largest absolute Gasteiger partial charge is 0.356 e. The van der Waals surface area contributed by atoms with Crippen LogP contribution in [0.5, 0.6) is 0 Å². The number of piperidine rings is 3. The number of pyridine rings is 1. The molecule has 0 N–H and O–H groups in total. The molecular weight excluding hydrogens is 336 g/mol. The minimum atomic E-state index is 0.151. The minimum Gasteiger partial charge on any atom is -0.356 e. The van der Waals surface area contributed by atoms with Crippen molar-refractivity contribution in [3.8, 4) is 0 Å². The Bertz CT molecular complexity index is 618. The van der Waals surface area contributed by atoms with Crippen LogP contribution < -0.4 is 4.90 Å². The van der Waals surface area contributed by atoms with Crippen LogP contribution in [0.15, 0.2) is 18.3 Å². The molecule has 0 aliphatic carbocycles. The fourth-order valence-electron chi connectivity index (χ4n) is 5.00. The summed E-state index contributed by atoms with van der Waals surface area (Å²) in [6.45, 7) is 8.71. The molecule has 5 nitrogen and oxygen atoms in total. The number of hydrogen-bond acceptors (Lipinski definition) is 4. The lowest BCUT2D eigenvalue weighted by molar-refractivity contribution is 0.0589. The van der Waals surface area contributed by atoms with Crippen molar-refractivity contribution in [2.75, 3.05) is 44.2 Å². The van der Waals surface area contributed by atoms with Crippen LogP contribution in [-0.2, 0) is 0 Å². The van der Waals surface area contributed by atoms with E-state index in [4.69, 9.17) is 0 Å². The number of carbonyl (C=O) groups excluding carboxylic acids is 1. The highest BCUT2D eigenvalue weighted by atomic mass is 16.2. The summed E-state index contributed by atoms with van der Waals surface area (Å²) < 4.78 is 0. The van der Waals surface area contributed by atoms with Crippen molar-refractivity contribution >= 4 is 11.7 Å². The third-order valence-electron chi connectivity index (χ3n) is 6.63. The number of rotatable bonds is 3. The topological polar surface area (TPSA) is 39.7 Å². The van der Waals surface area contributed by atoms with Gasteiger partial charge in [-0.3, -0.25) is 4.79 Å². The summed E-state index contributed by atoms with van der Waals surface area (Å²) in [5.74, 6) is 1.89. The van der Waals surface area contributed by atoms with Crippen molar-refractivity contribution in [2.45, 2.75) is 57.9 Å². The standard InChI is InChI=1S/C22H34N4O/c1-18-6-5-13-26(17-18)21-8-7-19(16-23-21)22(27)25-14-9-20(10-15-25)24-11-3-2-4-12-24/h7-8,16,18,20H,2-6,9-15,17H2,1H3. The summed E-state index contributed by atoms with van der Waals surface area (Å²) in [5.41, 5.74) is 0.736. The lowest BCUT2D eigenvalue weighted by Crippen LogP contribution is -2.48. The van der Waals surface area contributed by atoms with E-state index in [1.165, 1.54) is 45.2 Å². The molecule has 4 rings (SSSR count). The van der Waals surface area contributed by atoms with Crippen molar-refractivity contribution in [1.82, 2.24) is 14.8 Å². The zero-order valence-electron chi connectivity index (χ0n) is 16.8. The van der Waals surface area contributed by atoms with Crippen LogP contribution in [0, 0.1) is 5.92 Å². The first-order valence-corrected chi connectivity index (χ1v) is 10.9. The van der Waals surface area contributed by atoms with Gasteiger partial charge in [0.05, 0.1) is 5.56 Å². The van der Waals surface area contributed by atoms with Crippen LogP contribution in [0.2, 0.25) is 0 Å². The van der Waals surface area contributed by atoms with Gasteiger partial charge in [0.2, 0.25) is 0 Å². The van der Waals surface area contributed by atoms with Crippen LogP contribution in [0.1, 0.15) is 62.2 Å². The average molecular weight is 371 g/mol. The number of amides is 1. The molecule has 1 unspecified atom stereocenters. The van der Waals surface area contributed by atoms with Crippen molar-refractivity contribution in [1.29, 1.82) is 0 Å². The second-order valence-corrected chi connectivity index (χ2v) is 8.72. The van der Waals surface area contributed by atoms with Crippen molar-refractivity contribution in [3.63, 3.8) is 0 Å². The number of nitrogens with zero attached hydrogens (tertiary/aromatic N) is 4. The number of carbonyl (C=O) groups is 1. The van der Waals surface area contributed by atoms with E-state index >= 15 is 0 Å². The van der Waals surface area contributed by atoms with E-state index < -0.39 is 0 Å². The van der Waals surface area contributed by atoms with Crippen LogP contribution in [0.25, 0.3) is 0 Å². The minimum absolute atomic E-state index is 0.151. The molecular formula is C22H34N4O. The second kappa shape index (κ2) is 8.59. The lowest BCUT2D eigenvalue weighted by atomic mass is 9.99. The SMILES string of the molecule is CC1CCCN(c2ccc(C(=O)N3CCC(N4CCCCC4)CC3)cn2)C1. The van der Waals surface area contributed by atoms with Gasteiger partial charge in [0, 0.05) is 38.4 Å². The summed E-state index contributed by atoms with van der Waals surface area (Å²) in [6, 6.07) is 4.68. The average Bonchev–Trinajstić information content (AvgIpc) is 2.74. The second-order valence-electron chi connectivity index (χ2n) is 8.72. The molecule has 0 radical (unpaired) electrons. The predicted molar refractivity (Wildman–Crippen MR) is 109 cm³/mol. The molecule has 27 heavy (non-hydrogen) atoms. The molecule has 3 aliphatic heterocycles. The monoisotopic (exact) mass is 370 g/mol. The van der Waals surface area contributed by atoms with Crippen LogP contribution in [0.3, 0.4) is 0 Å². The highest BCUT2D eigenvalue weighted by molar-refractivity contribution is 5.94. The van der Waals surface area contributed by atoms with Gasteiger partial charge >= 0.3 is 0 Å². The quantitative estimate of drug-likeness (QED) is 0.817. The maximum absolute atomic E-state index is 12.9. The van der Waals surface area contributed by atoms with E-state index in [-0.39, 0.29) is 5.91 Å². The van der Waals surface area contributed by atoms with Gasteiger partial charge in [-0.25, -0.2) is 4.98 Å². The van der Waals surface area contributed by atoms with E-state index in [2.05, 4.69) is 21.7 Å². The molecule has 1 amide bonds. The van der Waals surface area contributed by atoms with Gasteiger partial charge in [0.1, 0.15) is 5.82 Å². The van der Waals surface area contributed by atoms with Gasteiger partial charge in [-0.05, 0) is 69.7 Å². The predicted octanol–water partition coefficient (Wildman–Crippen LogP) is 3.41. The Morgan fingerprint density at radius 1 is 0.963 bits per heavy atom. The molecule has 1 aromatic rings. The molecule has 0 spiro atoms. The molecule has 3 fully saturated rings. The Kier molecular flexibility index (Phi) is 5.96. The maximum atomic E-state index is 12.9. The highest BCUT2D eigenvalue weighted by Crippen LogP contribution is 2.24. The number of likely N-dealkylation sites (tertiary alicyclic amines) is 2. The Morgan fingerprint density at radius 3 is 2.41 bits per heavy atom. The Morgan fingerprint density at radius 2 is 1.74 bits per heavy atom. The summed E-state index contributed by atoms with van der Waals surface area (Å²) >= 11 is 0. The van der Waals surface area contributed by atoms with Gasteiger partial charge in [-0.2, -0.15) is 0 Å². The Labute approximate surface area is 163 Å².